The van der Waals surface area contributed by atoms with Crippen LogP contribution in [-0.4, -0.2) is 25.7 Å². The zero-order valence-electron chi connectivity index (χ0n) is 15.5. The zero-order chi connectivity index (χ0) is 19.4. The molecule has 0 spiro atoms. The van der Waals surface area contributed by atoms with E-state index in [2.05, 4.69) is 14.9 Å². The Balaban J connectivity index is 1.72. The highest BCUT2D eigenvalue weighted by Gasteiger charge is 2.16. The van der Waals surface area contributed by atoms with Crippen LogP contribution in [0, 0.1) is 13.8 Å². The Hall–Kier alpha value is -2.93. The summed E-state index contributed by atoms with van der Waals surface area (Å²) < 4.78 is 27.5. The Labute approximate surface area is 159 Å². The largest absolute Gasteiger partial charge is 0.354 e. The summed E-state index contributed by atoms with van der Waals surface area (Å²) in [5.74, 6) is 0.845. The Morgan fingerprint density at radius 3 is 2.30 bits per heavy atom. The molecule has 3 rings (SSSR count). The predicted molar refractivity (Wildman–Crippen MR) is 107 cm³/mol. The average Bonchev–Trinajstić information content (AvgIpc) is 2.65. The molecule has 140 valence electrons. The number of benzene rings is 2. The molecule has 6 nitrogen and oxygen atoms in total. The summed E-state index contributed by atoms with van der Waals surface area (Å²) in [7, 11) is -1.79. The van der Waals surface area contributed by atoms with E-state index >= 15 is 0 Å². The second kappa shape index (κ2) is 7.75. The summed E-state index contributed by atoms with van der Waals surface area (Å²) in [6.45, 7) is 4.50. The molecule has 27 heavy (non-hydrogen) atoms. The molecule has 1 heterocycles. The van der Waals surface area contributed by atoms with Crippen molar-refractivity contribution in [3.8, 4) is 0 Å². The molecule has 0 saturated carbocycles. The molecular weight excluding hydrogens is 360 g/mol. The topological polar surface area (TPSA) is 75.2 Å². The standard InChI is InChI=1S/C20H22N4O2S/c1-15-9-10-18(13-16(15)2)27(25,26)23-19-11-12-20(22-21-19)24(3)14-17-7-5-4-6-8-17/h4-13H,14H2,1-3H3,(H,21,23). The molecule has 0 amide bonds. The Morgan fingerprint density at radius 1 is 0.926 bits per heavy atom. The molecule has 2 aromatic carbocycles. The monoisotopic (exact) mass is 382 g/mol. The number of aromatic nitrogens is 2. The van der Waals surface area contributed by atoms with Crippen molar-refractivity contribution in [2.75, 3.05) is 16.7 Å². The molecule has 0 fully saturated rings. The van der Waals surface area contributed by atoms with Crippen LogP contribution < -0.4 is 9.62 Å². The SMILES string of the molecule is Cc1ccc(S(=O)(=O)Nc2ccc(N(C)Cc3ccccc3)nn2)cc1C. The van der Waals surface area contributed by atoms with Crippen LogP contribution >= 0.6 is 0 Å². The van der Waals surface area contributed by atoms with Gasteiger partial charge in [0, 0.05) is 13.6 Å². The lowest BCUT2D eigenvalue weighted by molar-refractivity contribution is 0.601. The Morgan fingerprint density at radius 2 is 1.67 bits per heavy atom. The van der Waals surface area contributed by atoms with Crippen molar-refractivity contribution in [3.05, 3.63) is 77.4 Å². The van der Waals surface area contributed by atoms with Crippen LogP contribution in [0.1, 0.15) is 16.7 Å². The van der Waals surface area contributed by atoms with Gasteiger partial charge in [0.05, 0.1) is 4.90 Å². The summed E-state index contributed by atoms with van der Waals surface area (Å²) >= 11 is 0. The van der Waals surface area contributed by atoms with Gasteiger partial charge in [-0.15, -0.1) is 10.2 Å². The Bertz CT molecular complexity index is 1020. The fraction of sp³-hybridized carbons (Fsp3) is 0.200. The van der Waals surface area contributed by atoms with Crippen LogP contribution in [0.3, 0.4) is 0 Å². The summed E-state index contributed by atoms with van der Waals surface area (Å²) in [5, 5.41) is 8.14. The minimum Gasteiger partial charge on any atom is -0.354 e. The van der Waals surface area contributed by atoms with E-state index < -0.39 is 10.0 Å². The van der Waals surface area contributed by atoms with E-state index in [-0.39, 0.29) is 10.7 Å². The maximum atomic E-state index is 12.5. The number of rotatable bonds is 6. The quantitative estimate of drug-likeness (QED) is 0.706. The molecule has 0 aliphatic carbocycles. The maximum absolute atomic E-state index is 12.5. The molecule has 1 aromatic heterocycles. The van der Waals surface area contributed by atoms with Crippen LogP contribution in [0.15, 0.2) is 65.6 Å². The maximum Gasteiger partial charge on any atom is 0.263 e. The van der Waals surface area contributed by atoms with E-state index in [0.717, 1.165) is 16.7 Å². The van der Waals surface area contributed by atoms with Gasteiger partial charge in [0.15, 0.2) is 11.6 Å². The fourth-order valence-corrected chi connectivity index (χ4v) is 3.68. The molecule has 1 N–H and O–H groups in total. The number of anilines is 2. The second-order valence-electron chi connectivity index (χ2n) is 6.47. The van der Waals surface area contributed by atoms with Gasteiger partial charge in [-0.3, -0.25) is 4.72 Å². The smallest absolute Gasteiger partial charge is 0.263 e. The normalized spacial score (nSPS) is 11.2. The molecular formula is C20H22N4O2S. The lowest BCUT2D eigenvalue weighted by Crippen LogP contribution is -2.19. The number of hydrogen-bond acceptors (Lipinski definition) is 5. The summed E-state index contributed by atoms with van der Waals surface area (Å²) in [6, 6.07) is 18.4. The first kappa shape index (κ1) is 18.8. The van der Waals surface area contributed by atoms with Crippen molar-refractivity contribution in [2.45, 2.75) is 25.3 Å². The molecule has 0 radical (unpaired) electrons. The third-order valence-corrected chi connectivity index (χ3v) is 5.68. The van der Waals surface area contributed by atoms with Gasteiger partial charge < -0.3 is 4.90 Å². The van der Waals surface area contributed by atoms with Crippen LogP contribution in [0.2, 0.25) is 0 Å². The van der Waals surface area contributed by atoms with Crippen molar-refractivity contribution in [3.63, 3.8) is 0 Å². The van der Waals surface area contributed by atoms with Crippen molar-refractivity contribution in [2.24, 2.45) is 0 Å². The molecule has 0 unspecified atom stereocenters. The van der Waals surface area contributed by atoms with E-state index in [1.54, 1.807) is 30.3 Å². The molecule has 0 atom stereocenters. The molecule has 0 saturated heterocycles. The summed E-state index contributed by atoms with van der Waals surface area (Å²) in [6.07, 6.45) is 0. The van der Waals surface area contributed by atoms with Gasteiger partial charge in [-0.05, 0) is 54.8 Å². The van der Waals surface area contributed by atoms with Crippen molar-refractivity contribution in [1.29, 1.82) is 0 Å². The minimum absolute atomic E-state index is 0.185. The van der Waals surface area contributed by atoms with Crippen LogP contribution in [0.5, 0.6) is 0 Å². The predicted octanol–water partition coefficient (Wildman–Crippen LogP) is 3.53. The van der Waals surface area contributed by atoms with Gasteiger partial charge in [-0.2, -0.15) is 0 Å². The first-order chi connectivity index (χ1) is 12.8. The van der Waals surface area contributed by atoms with E-state index in [9.17, 15) is 8.42 Å². The second-order valence-corrected chi connectivity index (χ2v) is 8.15. The molecule has 3 aromatic rings. The lowest BCUT2D eigenvalue weighted by atomic mass is 10.1. The number of nitrogens with zero attached hydrogens (tertiary/aromatic N) is 3. The Kier molecular flexibility index (Phi) is 5.41. The average molecular weight is 382 g/mol. The summed E-state index contributed by atoms with van der Waals surface area (Å²) in [5.41, 5.74) is 3.11. The number of hydrogen-bond donors (Lipinski definition) is 1. The summed E-state index contributed by atoms with van der Waals surface area (Å²) in [4.78, 5) is 2.15. The lowest BCUT2D eigenvalue weighted by Gasteiger charge is -2.17. The van der Waals surface area contributed by atoms with Gasteiger partial charge in [-0.1, -0.05) is 36.4 Å². The van der Waals surface area contributed by atoms with Crippen LogP contribution in [0.25, 0.3) is 0 Å². The molecule has 0 aliphatic rings. The first-order valence-corrected chi connectivity index (χ1v) is 10.0. The van der Waals surface area contributed by atoms with Gasteiger partial charge in [0.2, 0.25) is 0 Å². The third-order valence-electron chi connectivity index (χ3n) is 4.33. The van der Waals surface area contributed by atoms with Crippen molar-refractivity contribution < 1.29 is 8.42 Å². The van der Waals surface area contributed by atoms with E-state index in [1.165, 1.54) is 0 Å². The highest BCUT2D eigenvalue weighted by Crippen LogP contribution is 2.19. The van der Waals surface area contributed by atoms with Crippen molar-refractivity contribution >= 4 is 21.7 Å². The van der Waals surface area contributed by atoms with Gasteiger partial charge in [-0.25, -0.2) is 8.42 Å². The van der Waals surface area contributed by atoms with E-state index in [0.29, 0.717) is 12.4 Å². The van der Waals surface area contributed by atoms with Crippen LogP contribution in [-0.2, 0) is 16.6 Å². The highest BCUT2D eigenvalue weighted by molar-refractivity contribution is 7.92. The van der Waals surface area contributed by atoms with Crippen LogP contribution in [0.4, 0.5) is 11.6 Å². The minimum atomic E-state index is -3.70. The van der Waals surface area contributed by atoms with E-state index in [4.69, 9.17) is 0 Å². The molecule has 0 bridgehead atoms. The number of sulfonamides is 1. The zero-order valence-corrected chi connectivity index (χ0v) is 16.4. The van der Waals surface area contributed by atoms with Gasteiger partial charge >= 0.3 is 0 Å². The number of nitrogens with one attached hydrogen (secondary N) is 1. The first-order valence-electron chi connectivity index (χ1n) is 8.54. The van der Waals surface area contributed by atoms with E-state index in [1.807, 2.05) is 56.1 Å². The van der Waals surface area contributed by atoms with Gasteiger partial charge in [0.25, 0.3) is 10.0 Å². The highest BCUT2D eigenvalue weighted by atomic mass is 32.2. The fourth-order valence-electron chi connectivity index (χ4n) is 2.60. The van der Waals surface area contributed by atoms with Crippen molar-refractivity contribution in [1.82, 2.24) is 10.2 Å². The molecule has 0 aliphatic heterocycles. The molecule has 7 heteroatoms. The number of aryl methyl sites for hydroxylation is 2. The van der Waals surface area contributed by atoms with Gasteiger partial charge in [0.1, 0.15) is 0 Å². The third kappa shape index (κ3) is 4.62.